The van der Waals surface area contributed by atoms with E-state index in [1.165, 1.54) is 0 Å². The molecule has 0 aromatic heterocycles. The van der Waals surface area contributed by atoms with Gasteiger partial charge in [-0.1, -0.05) is 42.5 Å². The highest BCUT2D eigenvalue weighted by Gasteiger charge is 2.16. The molecule has 1 aliphatic rings. The van der Waals surface area contributed by atoms with E-state index in [4.69, 9.17) is 15.2 Å². The molecule has 3 N–H and O–H groups in total. The summed E-state index contributed by atoms with van der Waals surface area (Å²) in [5.74, 6) is -0.704. The molecule has 7 heteroatoms. The molecule has 0 saturated carbocycles. The number of nitrogens with two attached hydrogens (primary N) is 1. The fourth-order valence-electron chi connectivity index (χ4n) is 4.35. The summed E-state index contributed by atoms with van der Waals surface area (Å²) in [6.07, 6.45) is -0.117. The summed E-state index contributed by atoms with van der Waals surface area (Å²) >= 11 is 0. The molecule has 6 nitrogen and oxygen atoms in total. The second-order valence-corrected chi connectivity index (χ2v) is 8.89. The summed E-state index contributed by atoms with van der Waals surface area (Å²) in [5.41, 5.74) is 10.2. The maximum absolute atomic E-state index is 15.4. The van der Waals surface area contributed by atoms with E-state index in [1.807, 2.05) is 24.3 Å². The molecule has 1 fully saturated rings. The molecule has 1 aliphatic heterocycles. The number of para-hydroxylation sites is 1. The van der Waals surface area contributed by atoms with E-state index in [2.05, 4.69) is 11.0 Å². The van der Waals surface area contributed by atoms with E-state index in [-0.39, 0.29) is 18.8 Å². The van der Waals surface area contributed by atoms with Gasteiger partial charge in [0.2, 0.25) is 0 Å². The van der Waals surface area contributed by atoms with Crippen molar-refractivity contribution >= 4 is 5.97 Å². The topological polar surface area (TPSA) is 85.0 Å². The molecule has 3 aromatic rings. The summed E-state index contributed by atoms with van der Waals surface area (Å²) in [7, 11) is 0. The summed E-state index contributed by atoms with van der Waals surface area (Å²) < 4.78 is 26.9. The fraction of sp³-hybridized carbons (Fsp3) is 0.321. The lowest BCUT2D eigenvalue weighted by Gasteiger charge is -2.27. The van der Waals surface area contributed by atoms with Crippen molar-refractivity contribution in [3.63, 3.8) is 0 Å². The van der Waals surface area contributed by atoms with Gasteiger partial charge in [0, 0.05) is 42.4 Å². The fourth-order valence-corrected chi connectivity index (χ4v) is 4.35. The number of nitrogens with zero attached hydrogens (tertiary/aromatic N) is 1. The zero-order valence-electron chi connectivity index (χ0n) is 19.9. The van der Waals surface area contributed by atoms with Crippen molar-refractivity contribution in [2.24, 2.45) is 5.73 Å². The van der Waals surface area contributed by atoms with Crippen molar-refractivity contribution in [3.05, 3.63) is 88.7 Å². The number of morpholine rings is 1. The second-order valence-electron chi connectivity index (χ2n) is 8.89. The predicted octanol–water partition coefficient (Wildman–Crippen LogP) is 4.55. The zero-order valence-corrected chi connectivity index (χ0v) is 19.9. The van der Waals surface area contributed by atoms with E-state index < -0.39 is 12.0 Å². The van der Waals surface area contributed by atoms with Gasteiger partial charge in [-0.15, -0.1) is 0 Å². The van der Waals surface area contributed by atoms with Crippen LogP contribution in [-0.2, 0) is 29.1 Å². The van der Waals surface area contributed by atoms with Gasteiger partial charge in [-0.05, 0) is 41.8 Å². The molecule has 1 atom stereocenters. The lowest BCUT2D eigenvalue weighted by molar-refractivity contribution is -0.136. The first kappa shape index (κ1) is 24.9. The van der Waals surface area contributed by atoms with Gasteiger partial charge >= 0.3 is 5.97 Å². The molecular weight excluding hydrogens is 447 g/mol. The van der Waals surface area contributed by atoms with Crippen molar-refractivity contribution in [2.75, 3.05) is 26.3 Å². The Bertz CT molecular complexity index is 1180. The number of benzene rings is 3. The third-order valence-corrected chi connectivity index (χ3v) is 6.10. The summed E-state index contributed by atoms with van der Waals surface area (Å²) in [4.78, 5) is 13.5. The van der Waals surface area contributed by atoms with Crippen molar-refractivity contribution < 1.29 is 23.8 Å². The Morgan fingerprint density at radius 1 is 1.11 bits per heavy atom. The van der Waals surface area contributed by atoms with Gasteiger partial charge in [-0.25, -0.2) is 4.39 Å². The van der Waals surface area contributed by atoms with Gasteiger partial charge < -0.3 is 20.3 Å². The molecule has 1 saturated heterocycles. The summed E-state index contributed by atoms with van der Waals surface area (Å²) in [6.45, 7) is 5.79. The first-order valence-corrected chi connectivity index (χ1v) is 11.8. The highest BCUT2D eigenvalue weighted by Crippen LogP contribution is 2.30. The number of halogens is 1. The van der Waals surface area contributed by atoms with Crippen LogP contribution in [0.4, 0.5) is 4.39 Å². The number of carboxylic acids is 1. The van der Waals surface area contributed by atoms with Crippen LogP contribution in [0.25, 0.3) is 11.1 Å². The van der Waals surface area contributed by atoms with Gasteiger partial charge in [0.15, 0.2) is 0 Å². The van der Waals surface area contributed by atoms with Crippen LogP contribution in [0.1, 0.15) is 35.2 Å². The minimum absolute atomic E-state index is 0.117. The quantitative estimate of drug-likeness (QED) is 0.469. The van der Waals surface area contributed by atoms with Crippen LogP contribution < -0.4 is 10.5 Å². The minimum atomic E-state index is -0.916. The number of hydrogen-bond acceptors (Lipinski definition) is 5. The standard InChI is InChI=1S/C28H31FN2O4/c1-19(30)24-6-4-7-25(28(24)29)23-14-20(17-31-9-11-34-12-10-31)13-21(15-23)18-35-26-8-3-2-5-22(26)16-27(32)33/h2-8,13-15,19H,9-12,16-18,30H2,1H3,(H,32,33). The van der Waals surface area contributed by atoms with Gasteiger partial charge in [0.1, 0.15) is 18.2 Å². The molecule has 35 heavy (non-hydrogen) atoms. The van der Waals surface area contributed by atoms with Gasteiger partial charge in [0.05, 0.1) is 19.6 Å². The second kappa shape index (κ2) is 11.4. The van der Waals surface area contributed by atoms with Gasteiger partial charge in [-0.3, -0.25) is 9.69 Å². The third-order valence-electron chi connectivity index (χ3n) is 6.10. The molecule has 0 radical (unpaired) electrons. The molecular formula is C28H31FN2O4. The first-order valence-electron chi connectivity index (χ1n) is 11.8. The summed E-state index contributed by atoms with van der Waals surface area (Å²) in [6, 6.07) is 18.0. The first-order chi connectivity index (χ1) is 16.9. The molecule has 4 rings (SSSR count). The molecule has 184 valence electrons. The van der Waals surface area contributed by atoms with E-state index >= 15 is 4.39 Å². The Kier molecular flexibility index (Phi) is 8.13. The number of ether oxygens (including phenoxy) is 2. The van der Waals surface area contributed by atoms with Crippen molar-refractivity contribution in [1.29, 1.82) is 0 Å². The van der Waals surface area contributed by atoms with E-state index in [0.717, 1.165) is 29.8 Å². The van der Waals surface area contributed by atoms with Crippen molar-refractivity contribution in [2.45, 2.75) is 32.5 Å². The molecule has 0 amide bonds. The maximum Gasteiger partial charge on any atom is 0.307 e. The largest absolute Gasteiger partial charge is 0.489 e. The molecule has 0 aliphatic carbocycles. The highest BCUT2D eigenvalue weighted by atomic mass is 19.1. The number of carboxylic acid groups (broad SMARTS) is 1. The smallest absolute Gasteiger partial charge is 0.307 e. The number of carbonyl (C=O) groups is 1. The van der Waals surface area contributed by atoms with Gasteiger partial charge in [-0.2, -0.15) is 0 Å². The lowest BCUT2D eigenvalue weighted by atomic mass is 9.96. The Morgan fingerprint density at radius 3 is 2.60 bits per heavy atom. The molecule has 3 aromatic carbocycles. The summed E-state index contributed by atoms with van der Waals surface area (Å²) in [5, 5.41) is 9.21. The molecule has 1 unspecified atom stereocenters. The normalized spacial score (nSPS) is 15.1. The number of hydrogen-bond donors (Lipinski definition) is 2. The van der Waals surface area contributed by atoms with E-state index in [9.17, 15) is 9.90 Å². The zero-order chi connectivity index (χ0) is 24.8. The van der Waals surface area contributed by atoms with E-state index in [1.54, 1.807) is 37.3 Å². The number of rotatable bonds is 9. The van der Waals surface area contributed by atoms with Crippen molar-refractivity contribution in [3.8, 4) is 16.9 Å². The molecule has 0 bridgehead atoms. The van der Waals surface area contributed by atoms with Crippen LogP contribution in [-0.4, -0.2) is 42.3 Å². The van der Waals surface area contributed by atoms with Crippen LogP contribution in [0, 0.1) is 5.82 Å². The average molecular weight is 479 g/mol. The number of aliphatic carboxylic acids is 1. The van der Waals surface area contributed by atoms with Crippen LogP contribution >= 0.6 is 0 Å². The van der Waals surface area contributed by atoms with Crippen LogP contribution in [0.3, 0.4) is 0 Å². The van der Waals surface area contributed by atoms with Gasteiger partial charge in [0.25, 0.3) is 0 Å². The Labute approximate surface area is 205 Å². The van der Waals surface area contributed by atoms with E-state index in [0.29, 0.717) is 42.2 Å². The average Bonchev–Trinajstić information content (AvgIpc) is 2.83. The highest BCUT2D eigenvalue weighted by molar-refractivity contribution is 5.71. The third kappa shape index (κ3) is 6.45. The maximum atomic E-state index is 15.4. The monoisotopic (exact) mass is 478 g/mol. The Morgan fingerprint density at radius 2 is 1.86 bits per heavy atom. The van der Waals surface area contributed by atoms with Crippen LogP contribution in [0.15, 0.2) is 60.7 Å². The molecule has 1 heterocycles. The Balaban J connectivity index is 1.66. The van der Waals surface area contributed by atoms with Crippen LogP contribution in [0.2, 0.25) is 0 Å². The predicted molar refractivity (Wildman–Crippen MR) is 133 cm³/mol. The van der Waals surface area contributed by atoms with Crippen molar-refractivity contribution in [1.82, 2.24) is 4.90 Å². The Hall–Kier alpha value is -3.26. The lowest BCUT2D eigenvalue weighted by Crippen LogP contribution is -2.35. The SMILES string of the molecule is CC(N)c1cccc(-c2cc(COc3ccccc3CC(=O)O)cc(CN3CCOCC3)c2)c1F. The minimum Gasteiger partial charge on any atom is -0.489 e. The molecule has 0 spiro atoms. The van der Waals surface area contributed by atoms with Crippen LogP contribution in [0.5, 0.6) is 5.75 Å².